The fourth-order valence-electron chi connectivity index (χ4n) is 3.38. The van der Waals surface area contributed by atoms with Crippen LogP contribution in [-0.4, -0.2) is 19.7 Å². The highest BCUT2D eigenvalue weighted by molar-refractivity contribution is 5.68. The third kappa shape index (κ3) is 4.18. The zero-order chi connectivity index (χ0) is 22.1. The molecule has 7 heteroatoms. The molecule has 0 fully saturated rings. The number of hydrogen-bond acceptors (Lipinski definition) is 6. The first kappa shape index (κ1) is 20.7. The number of pyridine rings is 1. The third-order valence-corrected chi connectivity index (χ3v) is 5.20. The summed E-state index contributed by atoms with van der Waals surface area (Å²) in [5, 5.41) is 4.23. The zero-order valence-electron chi connectivity index (χ0n) is 18.0. The topological polar surface area (TPSA) is 99.8 Å². The molecule has 162 valence electrons. The van der Waals surface area contributed by atoms with E-state index in [1.54, 1.807) is 29.1 Å². The molecule has 4 rings (SSSR count). The van der Waals surface area contributed by atoms with Crippen molar-refractivity contribution in [2.45, 2.75) is 39.8 Å². The van der Waals surface area contributed by atoms with Crippen LogP contribution in [0.2, 0.25) is 0 Å². The van der Waals surface area contributed by atoms with Crippen LogP contribution in [0.4, 0.5) is 0 Å². The molecule has 0 bridgehead atoms. The molecular formula is C24H29N5O2. The maximum atomic E-state index is 12.1. The Morgan fingerprint density at radius 3 is 2.61 bits per heavy atom. The molecule has 31 heavy (non-hydrogen) atoms. The number of nitrogens with zero attached hydrogens (tertiary/aromatic N) is 4. The molecule has 3 aromatic heterocycles. The maximum Gasteiger partial charge on any atom is 0.250 e. The molecule has 4 aromatic rings. The number of hydrogen-bond donors (Lipinski definition) is 1. The van der Waals surface area contributed by atoms with Crippen LogP contribution in [0.15, 0.2) is 64.2 Å². The Labute approximate surface area is 183 Å². The van der Waals surface area contributed by atoms with E-state index in [4.69, 9.17) is 15.2 Å². The molecule has 1 aromatic carbocycles. The van der Waals surface area contributed by atoms with Gasteiger partial charge < -0.3 is 14.8 Å². The first-order valence-corrected chi connectivity index (χ1v) is 10.2. The van der Waals surface area contributed by atoms with Crippen molar-refractivity contribution < 1.29 is 7.38 Å². The standard InChI is InChI=1S/C24H25N5O2.2H2/c1-14(2)29-13-19(8-9-23(29)30)21-12-26-16(4)24(27-21)22-11-20(28-31-22)18-7-5-6-17(10-18)15(3)25;;/h5-15H,25H2,1-4H3;2*1H. The number of aryl methyl sites for hydroxylation is 1. The van der Waals surface area contributed by atoms with Crippen LogP contribution >= 0.6 is 0 Å². The summed E-state index contributed by atoms with van der Waals surface area (Å²) in [4.78, 5) is 21.3. The minimum atomic E-state index is -0.0646. The highest BCUT2D eigenvalue weighted by Crippen LogP contribution is 2.29. The van der Waals surface area contributed by atoms with Crippen LogP contribution < -0.4 is 11.3 Å². The van der Waals surface area contributed by atoms with Gasteiger partial charge in [0.1, 0.15) is 11.4 Å². The second-order valence-electron chi connectivity index (χ2n) is 7.94. The van der Waals surface area contributed by atoms with E-state index >= 15 is 0 Å². The van der Waals surface area contributed by atoms with Crippen molar-refractivity contribution in [2.24, 2.45) is 5.73 Å². The Balaban J connectivity index is 0.00000193. The predicted molar refractivity (Wildman–Crippen MR) is 125 cm³/mol. The van der Waals surface area contributed by atoms with Gasteiger partial charge in [0, 0.05) is 44.4 Å². The first-order chi connectivity index (χ1) is 14.8. The minimum absolute atomic E-state index is 0. The molecule has 0 aliphatic rings. The molecule has 7 nitrogen and oxygen atoms in total. The summed E-state index contributed by atoms with van der Waals surface area (Å²) in [6.45, 7) is 7.75. The summed E-state index contributed by atoms with van der Waals surface area (Å²) in [5.41, 5.74) is 11.4. The van der Waals surface area contributed by atoms with E-state index in [9.17, 15) is 4.79 Å². The summed E-state index contributed by atoms with van der Waals surface area (Å²) in [6.07, 6.45) is 3.51. The number of benzene rings is 1. The molecule has 1 unspecified atom stereocenters. The quantitative estimate of drug-likeness (QED) is 0.487. The molecule has 0 aliphatic heterocycles. The summed E-state index contributed by atoms with van der Waals surface area (Å²) in [6, 6.07) is 13.1. The Bertz CT molecular complexity index is 1300. The van der Waals surface area contributed by atoms with Gasteiger partial charge in [0.15, 0.2) is 5.76 Å². The summed E-state index contributed by atoms with van der Waals surface area (Å²) < 4.78 is 7.29. The van der Waals surface area contributed by atoms with Gasteiger partial charge in [-0.2, -0.15) is 0 Å². The van der Waals surface area contributed by atoms with Gasteiger partial charge in [0.2, 0.25) is 0 Å². The first-order valence-electron chi connectivity index (χ1n) is 10.2. The molecule has 0 radical (unpaired) electrons. The van der Waals surface area contributed by atoms with Gasteiger partial charge in [-0.3, -0.25) is 9.78 Å². The number of aromatic nitrogens is 4. The van der Waals surface area contributed by atoms with E-state index < -0.39 is 0 Å². The largest absolute Gasteiger partial charge is 0.354 e. The molecule has 0 saturated heterocycles. The van der Waals surface area contributed by atoms with Gasteiger partial charge in [-0.1, -0.05) is 23.4 Å². The van der Waals surface area contributed by atoms with Crippen LogP contribution in [0.25, 0.3) is 34.0 Å². The third-order valence-electron chi connectivity index (χ3n) is 5.20. The molecule has 0 saturated carbocycles. The molecular weight excluding hydrogens is 390 g/mol. The molecule has 0 aliphatic carbocycles. The van der Waals surface area contributed by atoms with E-state index in [1.807, 2.05) is 58.0 Å². The molecule has 0 spiro atoms. The van der Waals surface area contributed by atoms with Crippen LogP contribution in [0.1, 0.15) is 47.0 Å². The van der Waals surface area contributed by atoms with Crippen molar-refractivity contribution >= 4 is 0 Å². The zero-order valence-corrected chi connectivity index (χ0v) is 18.0. The smallest absolute Gasteiger partial charge is 0.250 e. The monoisotopic (exact) mass is 419 g/mol. The predicted octanol–water partition coefficient (Wildman–Crippen LogP) is 5.03. The van der Waals surface area contributed by atoms with Crippen LogP contribution in [0.3, 0.4) is 0 Å². The van der Waals surface area contributed by atoms with E-state index in [-0.39, 0.29) is 20.5 Å². The molecule has 2 N–H and O–H groups in total. The Morgan fingerprint density at radius 1 is 1.06 bits per heavy atom. The SMILES string of the molecule is Cc1ncc(-c2ccc(=O)n(C(C)C)c2)nc1-c1cc(-c2cccc(C(C)N)c2)no1.[HH].[HH]. The number of nitrogens with two attached hydrogens (primary N) is 1. The van der Waals surface area contributed by atoms with Crippen molar-refractivity contribution in [3.8, 4) is 34.0 Å². The average Bonchev–Trinajstić information content (AvgIpc) is 3.24. The van der Waals surface area contributed by atoms with Crippen molar-refractivity contribution in [2.75, 3.05) is 0 Å². The lowest BCUT2D eigenvalue weighted by molar-refractivity contribution is 0.433. The highest BCUT2D eigenvalue weighted by Gasteiger charge is 2.16. The van der Waals surface area contributed by atoms with Gasteiger partial charge in [0.05, 0.1) is 17.6 Å². The van der Waals surface area contributed by atoms with Gasteiger partial charge in [0.25, 0.3) is 5.56 Å². The molecule has 1 atom stereocenters. The molecule has 3 heterocycles. The fourth-order valence-corrected chi connectivity index (χ4v) is 3.38. The Kier molecular flexibility index (Phi) is 5.52. The Morgan fingerprint density at radius 2 is 1.87 bits per heavy atom. The van der Waals surface area contributed by atoms with E-state index in [2.05, 4.69) is 10.1 Å². The van der Waals surface area contributed by atoms with Crippen molar-refractivity contribution in [3.05, 3.63) is 76.5 Å². The van der Waals surface area contributed by atoms with Gasteiger partial charge in [-0.05, 0) is 45.4 Å². The van der Waals surface area contributed by atoms with Gasteiger partial charge in [-0.25, -0.2) is 4.98 Å². The van der Waals surface area contributed by atoms with Crippen LogP contribution in [0, 0.1) is 6.92 Å². The van der Waals surface area contributed by atoms with Gasteiger partial charge >= 0.3 is 0 Å². The average molecular weight is 420 g/mol. The normalized spacial score (nSPS) is 12.3. The van der Waals surface area contributed by atoms with E-state index in [1.165, 1.54) is 0 Å². The van der Waals surface area contributed by atoms with Crippen LogP contribution in [-0.2, 0) is 0 Å². The lowest BCUT2D eigenvalue weighted by Crippen LogP contribution is -2.20. The fraction of sp³-hybridized carbons (Fsp3) is 0.250. The minimum Gasteiger partial charge on any atom is -0.354 e. The maximum absolute atomic E-state index is 12.1. The highest BCUT2D eigenvalue weighted by atomic mass is 16.5. The lowest BCUT2D eigenvalue weighted by Gasteiger charge is -2.11. The summed E-state index contributed by atoms with van der Waals surface area (Å²) >= 11 is 0. The van der Waals surface area contributed by atoms with E-state index in [0.29, 0.717) is 22.8 Å². The lowest BCUT2D eigenvalue weighted by atomic mass is 10.0. The second kappa shape index (κ2) is 8.28. The van der Waals surface area contributed by atoms with E-state index in [0.717, 1.165) is 22.4 Å². The van der Waals surface area contributed by atoms with Crippen molar-refractivity contribution in [1.29, 1.82) is 0 Å². The van der Waals surface area contributed by atoms with Crippen molar-refractivity contribution in [3.63, 3.8) is 0 Å². The van der Waals surface area contributed by atoms with Gasteiger partial charge in [-0.15, -0.1) is 0 Å². The number of rotatable bonds is 5. The summed E-state index contributed by atoms with van der Waals surface area (Å²) in [7, 11) is 0. The van der Waals surface area contributed by atoms with Crippen LogP contribution in [0.5, 0.6) is 0 Å². The Hall–Kier alpha value is -3.58. The summed E-state index contributed by atoms with van der Waals surface area (Å²) in [5.74, 6) is 0.533. The van der Waals surface area contributed by atoms with Crippen molar-refractivity contribution in [1.82, 2.24) is 19.7 Å². The second-order valence-corrected chi connectivity index (χ2v) is 7.94. The molecule has 0 amide bonds.